The molecule has 0 saturated heterocycles. The highest BCUT2D eigenvalue weighted by Gasteiger charge is 2.10. The Hall–Kier alpha value is -1.13. The van der Waals surface area contributed by atoms with E-state index in [9.17, 15) is 0 Å². The summed E-state index contributed by atoms with van der Waals surface area (Å²) in [5, 5.41) is 9.01. The number of nitrogens with two attached hydrogens (primary N) is 1. The van der Waals surface area contributed by atoms with E-state index in [2.05, 4.69) is 23.7 Å². The Balaban J connectivity index is 2.85. The second-order valence-electron chi connectivity index (χ2n) is 4.24. The van der Waals surface area contributed by atoms with Crippen molar-refractivity contribution in [2.24, 2.45) is 5.73 Å². The molecule has 0 aliphatic heterocycles. The van der Waals surface area contributed by atoms with E-state index in [1.807, 2.05) is 25.3 Å². The maximum Gasteiger partial charge on any atom is 0.0606 e. The Kier molecular flexibility index (Phi) is 4.71. The molecule has 0 fully saturated rings. The number of rotatable bonds is 5. The first kappa shape index (κ1) is 12.9. The molecule has 0 radical (unpaired) electrons. The van der Waals surface area contributed by atoms with Crippen LogP contribution in [0.5, 0.6) is 0 Å². The third kappa shape index (κ3) is 3.18. The van der Waals surface area contributed by atoms with Gasteiger partial charge in [-0.25, -0.2) is 0 Å². The van der Waals surface area contributed by atoms with Gasteiger partial charge in [-0.2, -0.15) is 0 Å². The monoisotopic (exact) mass is 223 g/mol. The topological polar surface area (TPSA) is 62.4 Å². The van der Waals surface area contributed by atoms with Crippen molar-refractivity contribution in [3.05, 3.63) is 24.0 Å². The summed E-state index contributed by atoms with van der Waals surface area (Å²) in [4.78, 5) is 6.42. The molecule has 1 aromatic heterocycles. The summed E-state index contributed by atoms with van der Waals surface area (Å²) >= 11 is 0. The highest BCUT2D eigenvalue weighted by Crippen LogP contribution is 2.17. The predicted octanol–water partition coefficient (Wildman–Crippen LogP) is 1.31. The molecule has 1 aromatic rings. The minimum atomic E-state index is -0.0422. The first-order valence-corrected chi connectivity index (χ1v) is 5.65. The van der Waals surface area contributed by atoms with E-state index in [0.29, 0.717) is 12.6 Å². The van der Waals surface area contributed by atoms with Gasteiger partial charge in [0.1, 0.15) is 0 Å². The van der Waals surface area contributed by atoms with Gasteiger partial charge in [0.05, 0.1) is 24.2 Å². The highest BCUT2D eigenvalue weighted by molar-refractivity contribution is 5.45. The zero-order valence-electron chi connectivity index (χ0n) is 10.2. The summed E-state index contributed by atoms with van der Waals surface area (Å²) in [6.07, 6.45) is 1.81. The van der Waals surface area contributed by atoms with Crippen molar-refractivity contribution < 1.29 is 5.11 Å². The molecule has 0 saturated carbocycles. The Bertz CT molecular complexity index is 309. The molecule has 1 heterocycles. The minimum Gasteiger partial charge on any atom is -0.395 e. The van der Waals surface area contributed by atoms with Crippen LogP contribution >= 0.6 is 0 Å². The average Bonchev–Trinajstić information content (AvgIpc) is 2.25. The first-order valence-electron chi connectivity index (χ1n) is 5.65. The highest BCUT2D eigenvalue weighted by atomic mass is 16.3. The number of aliphatic hydroxyl groups is 1. The number of nitrogens with zero attached hydrogens (tertiary/aromatic N) is 2. The van der Waals surface area contributed by atoms with Crippen LogP contribution in [-0.2, 0) is 0 Å². The third-order valence-electron chi connectivity index (χ3n) is 2.53. The van der Waals surface area contributed by atoms with E-state index in [1.54, 1.807) is 0 Å². The SMILES string of the molecule is CC(N)c1ccc(N(CCO)C(C)C)cn1. The quantitative estimate of drug-likeness (QED) is 0.790. The van der Waals surface area contributed by atoms with Gasteiger partial charge in [0.25, 0.3) is 0 Å². The molecule has 0 aliphatic carbocycles. The molecule has 0 amide bonds. The fourth-order valence-corrected chi connectivity index (χ4v) is 1.63. The minimum absolute atomic E-state index is 0.0422. The second kappa shape index (κ2) is 5.82. The molecule has 1 rings (SSSR count). The number of hydrogen-bond donors (Lipinski definition) is 2. The van der Waals surface area contributed by atoms with Crippen LogP contribution in [-0.4, -0.2) is 29.3 Å². The van der Waals surface area contributed by atoms with Crippen molar-refractivity contribution in [3.63, 3.8) is 0 Å². The molecule has 1 unspecified atom stereocenters. The van der Waals surface area contributed by atoms with E-state index in [1.165, 1.54) is 0 Å². The maximum absolute atomic E-state index is 9.01. The molecular weight excluding hydrogens is 202 g/mol. The van der Waals surface area contributed by atoms with E-state index < -0.39 is 0 Å². The number of pyridine rings is 1. The fraction of sp³-hybridized carbons (Fsp3) is 0.583. The summed E-state index contributed by atoms with van der Waals surface area (Å²) in [5.74, 6) is 0. The van der Waals surface area contributed by atoms with Crippen LogP contribution in [0.4, 0.5) is 5.69 Å². The van der Waals surface area contributed by atoms with Gasteiger partial charge in [0.2, 0.25) is 0 Å². The molecule has 0 aromatic carbocycles. The van der Waals surface area contributed by atoms with Crippen molar-refractivity contribution >= 4 is 5.69 Å². The van der Waals surface area contributed by atoms with Crippen LogP contribution in [0.25, 0.3) is 0 Å². The molecule has 4 nitrogen and oxygen atoms in total. The summed E-state index contributed by atoms with van der Waals surface area (Å²) in [6.45, 7) is 6.87. The zero-order chi connectivity index (χ0) is 12.1. The van der Waals surface area contributed by atoms with Crippen LogP contribution in [0, 0.1) is 0 Å². The van der Waals surface area contributed by atoms with Gasteiger partial charge in [-0.3, -0.25) is 4.98 Å². The Morgan fingerprint density at radius 1 is 1.38 bits per heavy atom. The molecule has 0 aliphatic rings. The molecule has 90 valence electrons. The van der Waals surface area contributed by atoms with Gasteiger partial charge in [-0.05, 0) is 32.9 Å². The summed E-state index contributed by atoms with van der Waals surface area (Å²) < 4.78 is 0. The van der Waals surface area contributed by atoms with E-state index >= 15 is 0 Å². The van der Waals surface area contributed by atoms with Crippen LogP contribution < -0.4 is 10.6 Å². The molecule has 0 spiro atoms. The zero-order valence-corrected chi connectivity index (χ0v) is 10.2. The van der Waals surface area contributed by atoms with Crippen molar-refractivity contribution in [3.8, 4) is 0 Å². The molecule has 16 heavy (non-hydrogen) atoms. The van der Waals surface area contributed by atoms with Gasteiger partial charge in [0, 0.05) is 18.6 Å². The summed E-state index contributed by atoms with van der Waals surface area (Å²) in [6, 6.07) is 4.24. The summed E-state index contributed by atoms with van der Waals surface area (Å²) in [5.41, 5.74) is 7.65. The lowest BCUT2D eigenvalue weighted by Gasteiger charge is -2.28. The lowest BCUT2D eigenvalue weighted by molar-refractivity contribution is 0.299. The molecule has 0 bridgehead atoms. The number of aromatic nitrogens is 1. The molecule has 4 heteroatoms. The predicted molar refractivity (Wildman–Crippen MR) is 66.4 cm³/mol. The van der Waals surface area contributed by atoms with Crippen molar-refractivity contribution in [2.45, 2.75) is 32.9 Å². The maximum atomic E-state index is 9.01. The van der Waals surface area contributed by atoms with E-state index in [-0.39, 0.29) is 12.6 Å². The van der Waals surface area contributed by atoms with Crippen LogP contribution in [0.3, 0.4) is 0 Å². The van der Waals surface area contributed by atoms with Gasteiger partial charge in [-0.1, -0.05) is 0 Å². The van der Waals surface area contributed by atoms with Crippen LogP contribution in [0.15, 0.2) is 18.3 Å². The van der Waals surface area contributed by atoms with E-state index in [0.717, 1.165) is 11.4 Å². The van der Waals surface area contributed by atoms with Crippen LogP contribution in [0.2, 0.25) is 0 Å². The van der Waals surface area contributed by atoms with Crippen LogP contribution in [0.1, 0.15) is 32.5 Å². The van der Waals surface area contributed by atoms with Gasteiger partial charge < -0.3 is 15.7 Å². The molecule has 3 N–H and O–H groups in total. The summed E-state index contributed by atoms with van der Waals surface area (Å²) in [7, 11) is 0. The average molecular weight is 223 g/mol. The standard InChI is InChI=1S/C12H21N3O/c1-9(2)15(6-7-16)11-4-5-12(10(3)13)14-8-11/h4-5,8-10,16H,6-7,13H2,1-3H3. The third-order valence-corrected chi connectivity index (χ3v) is 2.53. The second-order valence-corrected chi connectivity index (χ2v) is 4.24. The smallest absolute Gasteiger partial charge is 0.0606 e. The lowest BCUT2D eigenvalue weighted by Crippen LogP contribution is -2.33. The lowest BCUT2D eigenvalue weighted by atomic mass is 10.2. The Morgan fingerprint density at radius 2 is 2.06 bits per heavy atom. The van der Waals surface area contributed by atoms with Gasteiger partial charge in [-0.15, -0.1) is 0 Å². The molecular formula is C12H21N3O. The normalized spacial score (nSPS) is 12.9. The fourth-order valence-electron chi connectivity index (χ4n) is 1.63. The van der Waals surface area contributed by atoms with Crippen molar-refractivity contribution in [1.82, 2.24) is 4.98 Å². The largest absolute Gasteiger partial charge is 0.395 e. The Morgan fingerprint density at radius 3 is 2.44 bits per heavy atom. The van der Waals surface area contributed by atoms with Gasteiger partial charge in [0.15, 0.2) is 0 Å². The Labute approximate surface area is 97.1 Å². The van der Waals surface area contributed by atoms with Crippen molar-refractivity contribution in [2.75, 3.05) is 18.1 Å². The van der Waals surface area contributed by atoms with Gasteiger partial charge >= 0.3 is 0 Å². The number of hydrogen-bond acceptors (Lipinski definition) is 4. The van der Waals surface area contributed by atoms with E-state index in [4.69, 9.17) is 10.8 Å². The number of aliphatic hydroxyl groups excluding tert-OH is 1. The number of anilines is 1. The molecule has 1 atom stereocenters. The first-order chi connectivity index (χ1) is 7.56. The van der Waals surface area contributed by atoms with Crippen molar-refractivity contribution in [1.29, 1.82) is 0 Å².